The third kappa shape index (κ3) is 4.01. The van der Waals surface area contributed by atoms with Crippen LogP contribution in [-0.2, 0) is 20.7 Å². The predicted octanol–water partition coefficient (Wildman–Crippen LogP) is 1.91. The summed E-state index contributed by atoms with van der Waals surface area (Å²) >= 11 is 0. The largest absolute Gasteiger partial charge is 0.441 e. The van der Waals surface area contributed by atoms with Gasteiger partial charge in [0.1, 0.15) is 11.9 Å². The number of hydrogen-bond acceptors (Lipinski definition) is 5. The number of nitrogens with two attached hydrogens (primary N) is 1. The minimum Gasteiger partial charge on any atom is -0.441 e. The van der Waals surface area contributed by atoms with Crippen LogP contribution in [0.1, 0.15) is 29.2 Å². The second-order valence-electron chi connectivity index (χ2n) is 7.53. The van der Waals surface area contributed by atoms with Crippen LogP contribution >= 0.6 is 0 Å². The van der Waals surface area contributed by atoms with Gasteiger partial charge < -0.3 is 25.2 Å². The SMILES string of the molecule is NC(=O)O[C@H]1CO[C@@H](C(=O)N2CCc3ccccc3[C@@H]2c2ccc(F)cc2)C[C@H]1O. The van der Waals surface area contributed by atoms with Gasteiger partial charge in [-0.1, -0.05) is 36.4 Å². The molecule has 1 saturated heterocycles. The van der Waals surface area contributed by atoms with E-state index in [9.17, 15) is 19.1 Å². The molecule has 3 N–H and O–H groups in total. The van der Waals surface area contributed by atoms with Crippen LogP contribution in [0.4, 0.5) is 9.18 Å². The molecule has 4 rings (SSSR count). The summed E-state index contributed by atoms with van der Waals surface area (Å²) in [5.74, 6) is -0.615. The molecule has 2 heterocycles. The van der Waals surface area contributed by atoms with Crippen molar-refractivity contribution in [3.63, 3.8) is 0 Å². The Kier molecular flexibility index (Phi) is 5.69. The summed E-state index contributed by atoms with van der Waals surface area (Å²) in [6.07, 6.45) is -3.16. The summed E-state index contributed by atoms with van der Waals surface area (Å²) in [5.41, 5.74) is 7.92. The van der Waals surface area contributed by atoms with E-state index in [-0.39, 0.29) is 30.8 Å². The quantitative estimate of drug-likeness (QED) is 0.799. The molecule has 2 amide bonds. The van der Waals surface area contributed by atoms with Crippen LogP contribution < -0.4 is 5.73 Å². The Morgan fingerprint density at radius 2 is 1.90 bits per heavy atom. The van der Waals surface area contributed by atoms with Crippen LogP contribution in [0.2, 0.25) is 0 Å². The van der Waals surface area contributed by atoms with Crippen molar-refractivity contribution < 1.29 is 28.6 Å². The normalized spacial score (nSPS) is 26.0. The maximum absolute atomic E-state index is 13.5. The Hall–Kier alpha value is -2.97. The maximum Gasteiger partial charge on any atom is 0.404 e. The summed E-state index contributed by atoms with van der Waals surface area (Å²) < 4.78 is 23.9. The molecule has 0 bridgehead atoms. The third-order valence-corrected chi connectivity index (χ3v) is 5.64. The van der Waals surface area contributed by atoms with E-state index in [2.05, 4.69) is 0 Å². The molecule has 8 heteroatoms. The number of aliphatic hydroxyl groups is 1. The minimum absolute atomic E-state index is 0.00886. The van der Waals surface area contributed by atoms with Gasteiger partial charge in [0, 0.05) is 13.0 Å². The molecular weight excluding hydrogens is 391 g/mol. The Balaban J connectivity index is 1.60. The average molecular weight is 414 g/mol. The van der Waals surface area contributed by atoms with Crippen molar-refractivity contribution in [1.29, 1.82) is 0 Å². The van der Waals surface area contributed by atoms with E-state index in [0.29, 0.717) is 13.0 Å². The van der Waals surface area contributed by atoms with Gasteiger partial charge in [0.2, 0.25) is 0 Å². The predicted molar refractivity (Wildman–Crippen MR) is 105 cm³/mol. The Bertz CT molecular complexity index is 935. The fraction of sp³-hybridized carbons (Fsp3) is 0.364. The number of ether oxygens (including phenoxy) is 2. The molecule has 0 spiro atoms. The van der Waals surface area contributed by atoms with Crippen LogP contribution in [0.5, 0.6) is 0 Å². The first-order valence-electron chi connectivity index (χ1n) is 9.83. The van der Waals surface area contributed by atoms with E-state index in [1.54, 1.807) is 17.0 Å². The molecule has 4 atom stereocenters. The summed E-state index contributed by atoms with van der Waals surface area (Å²) in [7, 11) is 0. The van der Waals surface area contributed by atoms with E-state index < -0.39 is 24.4 Å². The smallest absolute Gasteiger partial charge is 0.404 e. The van der Waals surface area contributed by atoms with Gasteiger partial charge in [0.15, 0.2) is 6.10 Å². The highest BCUT2D eigenvalue weighted by Crippen LogP contribution is 2.36. The van der Waals surface area contributed by atoms with E-state index in [0.717, 1.165) is 16.7 Å². The number of amides is 2. The first-order chi connectivity index (χ1) is 14.4. The first-order valence-corrected chi connectivity index (χ1v) is 9.83. The molecule has 2 aliphatic heterocycles. The molecule has 1 fully saturated rings. The van der Waals surface area contributed by atoms with Gasteiger partial charge in [-0.15, -0.1) is 0 Å². The number of hydrogen-bond donors (Lipinski definition) is 2. The number of primary amides is 1. The van der Waals surface area contributed by atoms with Crippen molar-refractivity contribution in [2.24, 2.45) is 5.73 Å². The van der Waals surface area contributed by atoms with Crippen LogP contribution in [0, 0.1) is 5.82 Å². The lowest BCUT2D eigenvalue weighted by molar-refractivity contribution is -0.164. The van der Waals surface area contributed by atoms with Gasteiger partial charge in [0.05, 0.1) is 18.8 Å². The zero-order valence-electron chi connectivity index (χ0n) is 16.2. The molecule has 2 aliphatic rings. The maximum atomic E-state index is 13.5. The van der Waals surface area contributed by atoms with Gasteiger partial charge in [-0.3, -0.25) is 4.79 Å². The topological polar surface area (TPSA) is 102 Å². The van der Waals surface area contributed by atoms with E-state index >= 15 is 0 Å². The first kappa shape index (κ1) is 20.3. The van der Waals surface area contributed by atoms with E-state index in [4.69, 9.17) is 15.2 Å². The number of halogens is 1. The standard InChI is InChI=1S/C22H23FN2O5/c23-15-7-5-14(6-8-15)20-16-4-2-1-3-13(16)9-10-25(20)21(27)18-11-17(26)19(12-29-18)30-22(24)28/h1-8,17-20,26H,9-12H2,(H2,24,28)/t17-,18-,19+,20+/m1/s1. The van der Waals surface area contributed by atoms with Crippen molar-refractivity contribution in [3.05, 3.63) is 71.0 Å². The molecule has 0 aromatic heterocycles. The highest BCUT2D eigenvalue weighted by atomic mass is 19.1. The van der Waals surface area contributed by atoms with E-state index in [1.807, 2.05) is 24.3 Å². The molecule has 7 nitrogen and oxygen atoms in total. The molecule has 0 radical (unpaired) electrons. The highest BCUT2D eigenvalue weighted by Gasteiger charge is 2.41. The van der Waals surface area contributed by atoms with E-state index in [1.165, 1.54) is 12.1 Å². The van der Waals surface area contributed by atoms with Crippen molar-refractivity contribution in [1.82, 2.24) is 4.90 Å². The summed E-state index contributed by atoms with van der Waals surface area (Å²) in [4.78, 5) is 26.0. The lowest BCUT2D eigenvalue weighted by Crippen LogP contribution is -2.52. The lowest BCUT2D eigenvalue weighted by Gasteiger charge is -2.41. The number of carbonyl (C=O) groups is 2. The molecule has 0 aliphatic carbocycles. The molecule has 0 unspecified atom stereocenters. The fourth-order valence-corrected chi connectivity index (χ4v) is 4.19. The van der Waals surface area contributed by atoms with Crippen LogP contribution in [-0.4, -0.2) is 53.5 Å². The summed E-state index contributed by atoms with van der Waals surface area (Å²) in [6, 6.07) is 13.6. The van der Waals surface area contributed by atoms with Crippen molar-refractivity contribution >= 4 is 12.0 Å². The number of rotatable bonds is 3. The lowest BCUT2D eigenvalue weighted by atomic mass is 9.87. The number of benzene rings is 2. The van der Waals surface area contributed by atoms with Crippen molar-refractivity contribution in [3.8, 4) is 0 Å². The number of nitrogens with zero attached hydrogens (tertiary/aromatic N) is 1. The molecular formula is C22H23FN2O5. The van der Waals surface area contributed by atoms with Crippen LogP contribution in [0.15, 0.2) is 48.5 Å². The third-order valence-electron chi connectivity index (χ3n) is 5.64. The Morgan fingerprint density at radius 3 is 2.60 bits per heavy atom. The molecule has 30 heavy (non-hydrogen) atoms. The zero-order chi connectivity index (χ0) is 21.3. The monoisotopic (exact) mass is 414 g/mol. The summed E-state index contributed by atoms with van der Waals surface area (Å²) in [6.45, 7) is 0.348. The molecule has 2 aromatic rings. The van der Waals surface area contributed by atoms with Crippen molar-refractivity contribution in [2.45, 2.75) is 37.2 Å². The Morgan fingerprint density at radius 1 is 1.17 bits per heavy atom. The fourth-order valence-electron chi connectivity index (χ4n) is 4.19. The van der Waals surface area contributed by atoms with Gasteiger partial charge >= 0.3 is 6.09 Å². The van der Waals surface area contributed by atoms with Crippen LogP contribution in [0.3, 0.4) is 0 Å². The number of aliphatic hydroxyl groups excluding tert-OH is 1. The summed E-state index contributed by atoms with van der Waals surface area (Å²) in [5, 5.41) is 10.3. The van der Waals surface area contributed by atoms with Crippen LogP contribution in [0.25, 0.3) is 0 Å². The molecule has 2 aromatic carbocycles. The number of fused-ring (bicyclic) bond motifs is 1. The van der Waals surface area contributed by atoms with Gasteiger partial charge in [0.25, 0.3) is 5.91 Å². The van der Waals surface area contributed by atoms with Crippen molar-refractivity contribution in [2.75, 3.05) is 13.2 Å². The molecule has 158 valence electrons. The van der Waals surface area contributed by atoms with Gasteiger partial charge in [-0.2, -0.15) is 0 Å². The average Bonchev–Trinajstić information content (AvgIpc) is 2.74. The number of carbonyl (C=O) groups excluding carboxylic acids is 2. The Labute approximate surface area is 173 Å². The van der Waals surface area contributed by atoms with Gasteiger partial charge in [-0.25, -0.2) is 9.18 Å². The van der Waals surface area contributed by atoms with Gasteiger partial charge in [-0.05, 0) is 35.2 Å². The highest BCUT2D eigenvalue weighted by molar-refractivity contribution is 5.82. The minimum atomic E-state index is -1.05. The zero-order valence-corrected chi connectivity index (χ0v) is 16.2. The molecule has 0 saturated carbocycles. The second-order valence-corrected chi connectivity index (χ2v) is 7.53. The second kappa shape index (κ2) is 8.41.